The lowest BCUT2D eigenvalue weighted by Gasteiger charge is -2.46. The van der Waals surface area contributed by atoms with Crippen molar-refractivity contribution in [2.24, 2.45) is 0 Å². The summed E-state index contributed by atoms with van der Waals surface area (Å²) in [6.45, 7) is 3.35. The van der Waals surface area contributed by atoms with Crippen LogP contribution in [0, 0.1) is 0 Å². The molecule has 0 aliphatic carbocycles. The van der Waals surface area contributed by atoms with Crippen molar-refractivity contribution < 1.29 is 19.0 Å². The fourth-order valence-electron chi connectivity index (χ4n) is 4.73. The summed E-state index contributed by atoms with van der Waals surface area (Å²) >= 11 is 0. The van der Waals surface area contributed by atoms with Gasteiger partial charge in [0.15, 0.2) is 11.5 Å². The van der Waals surface area contributed by atoms with E-state index in [9.17, 15) is 4.79 Å². The first-order chi connectivity index (χ1) is 14.8. The summed E-state index contributed by atoms with van der Waals surface area (Å²) < 4.78 is 16.4. The number of carbonyl (C=O) groups excluding carboxylic acids is 1. The Hall–Kier alpha value is -3.35. The van der Waals surface area contributed by atoms with Crippen molar-refractivity contribution in [3.8, 4) is 11.5 Å². The van der Waals surface area contributed by atoms with Crippen LogP contribution >= 0.6 is 0 Å². The zero-order chi connectivity index (χ0) is 20.1. The molecule has 30 heavy (non-hydrogen) atoms. The van der Waals surface area contributed by atoms with Gasteiger partial charge in [-0.25, -0.2) is 4.79 Å². The maximum Gasteiger partial charge on any atom is 0.414 e. The molecule has 0 radical (unpaired) electrons. The summed E-state index contributed by atoms with van der Waals surface area (Å²) in [4.78, 5) is 19.1. The van der Waals surface area contributed by atoms with Crippen LogP contribution in [0.4, 0.5) is 16.2 Å². The molecule has 6 rings (SSSR count). The Balaban J connectivity index is 1.15. The van der Waals surface area contributed by atoms with Crippen molar-refractivity contribution in [3.63, 3.8) is 0 Å². The summed E-state index contributed by atoms with van der Waals surface area (Å²) in [5.41, 5.74) is 3.19. The van der Waals surface area contributed by atoms with E-state index in [0.29, 0.717) is 6.61 Å². The zero-order valence-corrected chi connectivity index (χ0v) is 16.6. The first-order valence-electron chi connectivity index (χ1n) is 10.4. The molecule has 2 aromatic carbocycles. The number of benzene rings is 2. The van der Waals surface area contributed by atoms with E-state index in [1.807, 2.05) is 41.3 Å². The van der Waals surface area contributed by atoms with E-state index in [4.69, 9.17) is 14.2 Å². The van der Waals surface area contributed by atoms with Crippen molar-refractivity contribution in [1.29, 1.82) is 0 Å². The van der Waals surface area contributed by atoms with Crippen LogP contribution in [0.5, 0.6) is 11.5 Å². The molecule has 1 amide bonds. The molecule has 4 heterocycles. The minimum absolute atomic E-state index is 0.162. The molecule has 0 N–H and O–H groups in total. The predicted molar refractivity (Wildman–Crippen MR) is 112 cm³/mol. The number of carbonyl (C=O) groups is 1. The molecule has 0 aromatic heterocycles. The van der Waals surface area contributed by atoms with Crippen molar-refractivity contribution >= 4 is 17.5 Å². The number of hydrogen-bond acceptors (Lipinski definition) is 6. The van der Waals surface area contributed by atoms with Gasteiger partial charge in [0.05, 0.1) is 5.69 Å². The molecule has 7 heteroatoms. The lowest BCUT2D eigenvalue weighted by molar-refractivity contribution is 0.134. The van der Waals surface area contributed by atoms with E-state index in [0.717, 1.165) is 60.9 Å². The van der Waals surface area contributed by atoms with Crippen LogP contribution in [0.25, 0.3) is 0 Å². The minimum atomic E-state index is -0.225. The van der Waals surface area contributed by atoms with E-state index < -0.39 is 0 Å². The third kappa shape index (κ3) is 2.76. The smallest absolute Gasteiger partial charge is 0.414 e. The molecular weight excluding hydrogens is 382 g/mol. The monoisotopic (exact) mass is 405 g/mol. The number of ether oxygens (including phenoxy) is 3. The molecule has 154 valence electrons. The number of amides is 1. The van der Waals surface area contributed by atoms with Crippen molar-refractivity contribution in [2.45, 2.75) is 25.5 Å². The van der Waals surface area contributed by atoms with Crippen LogP contribution < -0.4 is 19.3 Å². The number of para-hydroxylation sites is 1. The van der Waals surface area contributed by atoms with E-state index >= 15 is 0 Å². The Morgan fingerprint density at radius 1 is 0.933 bits per heavy atom. The lowest BCUT2D eigenvalue weighted by Crippen LogP contribution is -2.52. The highest BCUT2D eigenvalue weighted by atomic mass is 16.7. The Morgan fingerprint density at radius 2 is 1.77 bits per heavy atom. The van der Waals surface area contributed by atoms with Gasteiger partial charge in [0.1, 0.15) is 12.4 Å². The normalized spacial score (nSPS) is 20.5. The Bertz CT molecular complexity index is 1030. The van der Waals surface area contributed by atoms with Crippen LogP contribution in [0.15, 0.2) is 54.4 Å². The lowest BCUT2D eigenvalue weighted by atomic mass is 10.00. The van der Waals surface area contributed by atoms with Crippen LogP contribution in [0.2, 0.25) is 0 Å². The van der Waals surface area contributed by atoms with Crippen molar-refractivity contribution in [1.82, 2.24) is 4.90 Å². The average Bonchev–Trinajstić information content (AvgIpc) is 3.22. The van der Waals surface area contributed by atoms with Gasteiger partial charge in [0, 0.05) is 43.0 Å². The number of nitrogens with zero attached hydrogens (tertiary/aromatic N) is 3. The van der Waals surface area contributed by atoms with Gasteiger partial charge >= 0.3 is 6.09 Å². The largest absolute Gasteiger partial charge is 0.454 e. The Morgan fingerprint density at radius 3 is 2.60 bits per heavy atom. The second-order valence-electron chi connectivity index (χ2n) is 7.98. The first-order valence-corrected chi connectivity index (χ1v) is 10.4. The quantitative estimate of drug-likeness (QED) is 0.776. The highest BCUT2D eigenvalue weighted by Gasteiger charge is 2.36. The molecular formula is C23H23N3O4. The average molecular weight is 405 g/mol. The summed E-state index contributed by atoms with van der Waals surface area (Å²) in [7, 11) is 0. The Labute approximate surface area is 175 Å². The second-order valence-corrected chi connectivity index (χ2v) is 7.98. The number of likely N-dealkylation sites (tertiary alicyclic amines) is 1. The molecule has 4 aliphatic heterocycles. The van der Waals surface area contributed by atoms with Gasteiger partial charge in [-0.2, -0.15) is 0 Å². The summed E-state index contributed by atoms with van der Waals surface area (Å²) in [5, 5.41) is 0. The molecule has 1 saturated heterocycles. The second kappa shape index (κ2) is 6.86. The molecule has 0 bridgehead atoms. The highest BCUT2D eigenvalue weighted by molar-refractivity contribution is 5.91. The Kier molecular flexibility index (Phi) is 4.00. The number of cyclic esters (lactones) is 1. The van der Waals surface area contributed by atoms with Gasteiger partial charge in [-0.15, -0.1) is 0 Å². The molecule has 0 atom stereocenters. The van der Waals surface area contributed by atoms with Gasteiger partial charge in [-0.1, -0.05) is 18.2 Å². The summed E-state index contributed by atoms with van der Waals surface area (Å²) in [6.07, 6.45) is 3.86. The van der Waals surface area contributed by atoms with Crippen molar-refractivity contribution in [3.05, 3.63) is 59.9 Å². The van der Waals surface area contributed by atoms with Crippen molar-refractivity contribution in [2.75, 3.05) is 36.2 Å². The van der Waals surface area contributed by atoms with Gasteiger partial charge in [0.25, 0.3) is 0 Å². The van der Waals surface area contributed by atoms with Gasteiger partial charge in [0.2, 0.25) is 6.79 Å². The standard InChI is InChI=1S/C23H23N3O4/c27-23-26(19-4-2-1-3-16(19)14-28-23)17-7-10-24(11-8-17)22-9-12-25(22)18-5-6-20-21(13-18)30-15-29-20/h1-6,9,13,17H,7-8,10-12,14-15H2. The summed E-state index contributed by atoms with van der Waals surface area (Å²) in [6, 6.07) is 14.3. The topological polar surface area (TPSA) is 54.5 Å². The SMILES string of the molecule is O=C1OCc2ccccc2N1C1CCN(C2=CCN2c2ccc3c(c2)OCO3)CC1. The molecule has 0 unspecified atom stereocenters. The zero-order valence-electron chi connectivity index (χ0n) is 16.6. The molecule has 7 nitrogen and oxygen atoms in total. The number of hydrogen-bond donors (Lipinski definition) is 0. The van der Waals surface area contributed by atoms with E-state index in [1.165, 1.54) is 5.82 Å². The van der Waals surface area contributed by atoms with E-state index in [2.05, 4.69) is 21.9 Å². The molecule has 2 aromatic rings. The maximum absolute atomic E-state index is 12.5. The maximum atomic E-state index is 12.5. The fourth-order valence-corrected chi connectivity index (χ4v) is 4.73. The van der Waals surface area contributed by atoms with Gasteiger partial charge in [-0.3, -0.25) is 4.90 Å². The minimum Gasteiger partial charge on any atom is -0.454 e. The predicted octanol–water partition coefficient (Wildman–Crippen LogP) is 3.70. The van der Waals surface area contributed by atoms with Gasteiger partial charge < -0.3 is 24.0 Å². The third-order valence-corrected chi connectivity index (χ3v) is 6.35. The fraction of sp³-hybridized carbons (Fsp3) is 0.348. The van der Waals surface area contributed by atoms with Gasteiger partial charge in [-0.05, 0) is 37.1 Å². The third-order valence-electron chi connectivity index (χ3n) is 6.35. The molecule has 1 fully saturated rings. The van der Waals surface area contributed by atoms with E-state index in [1.54, 1.807) is 0 Å². The van der Waals surface area contributed by atoms with E-state index in [-0.39, 0.29) is 18.9 Å². The summed E-state index contributed by atoms with van der Waals surface area (Å²) in [5.74, 6) is 2.84. The number of anilines is 2. The van der Waals surface area contributed by atoms with Crippen LogP contribution in [0.1, 0.15) is 18.4 Å². The van der Waals surface area contributed by atoms with Crippen LogP contribution in [-0.2, 0) is 11.3 Å². The molecule has 0 spiro atoms. The first kappa shape index (κ1) is 17.5. The molecule has 4 aliphatic rings. The number of piperidine rings is 1. The van der Waals surface area contributed by atoms with Crippen LogP contribution in [0.3, 0.4) is 0 Å². The van der Waals surface area contributed by atoms with Crippen LogP contribution in [-0.4, -0.2) is 43.5 Å². The molecule has 0 saturated carbocycles. The number of fused-ring (bicyclic) bond motifs is 2. The number of rotatable bonds is 3. The highest BCUT2D eigenvalue weighted by Crippen LogP contribution is 2.39.